The minimum absolute atomic E-state index is 0.491. The first-order valence-electron chi connectivity index (χ1n) is 9.53. The number of nitrogens with zero attached hydrogens (tertiary/aromatic N) is 3. The van der Waals surface area contributed by atoms with Crippen LogP contribution in [0.25, 0.3) is 11.1 Å². The number of rotatable bonds is 8. The summed E-state index contributed by atoms with van der Waals surface area (Å²) >= 11 is 0. The fraction of sp³-hybridized carbons (Fsp3) is 0.261. The van der Waals surface area contributed by atoms with Crippen LogP contribution in [-0.2, 0) is 6.42 Å². The van der Waals surface area contributed by atoms with Crippen LogP contribution in [0, 0.1) is 0 Å². The molecule has 1 heterocycles. The molecule has 138 valence electrons. The molecule has 0 spiro atoms. The Hall–Kier alpha value is -3.01. The Kier molecular flexibility index (Phi) is 6.69. The van der Waals surface area contributed by atoms with E-state index in [0.29, 0.717) is 5.95 Å². The number of nitrogens with one attached hydrogen (secondary N) is 1. The second-order valence-corrected chi connectivity index (χ2v) is 6.62. The largest absolute Gasteiger partial charge is 0.245 e. The molecular weight excluding hydrogens is 332 g/mol. The van der Waals surface area contributed by atoms with E-state index in [-0.39, 0.29) is 0 Å². The SMILES string of the molecule is CCCCCc1ccc(C(C)=NNc2ncc(-c3ccccc3)cn2)cc1. The summed E-state index contributed by atoms with van der Waals surface area (Å²) in [6, 6.07) is 18.7. The predicted molar refractivity (Wildman–Crippen MR) is 113 cm³/mol. The summed E-state index contributed by atoms with van der Waals surface area (Å²) in [5.74, 6) is 0.491. The average molecular weight is 358 g/mol. The van der Waals surface area contributed by atoms with E-state index in [1.807, 2.05) is 37.3 Å². The summed E-state index contributed by atoms with van der Waals surface area (Å²) in [7, 11) is 0. The highest BCUT2D eigenvalue weighted by atomic mass is 15.3. The minimum Gasteiger partial charge on any atom is -0.245 e. The molecule has 0 bridgehead atoms. The van der Waals surface area contributed by atoms with Gasteiger partial charge in [-0.25, -0.2) is 15.4 Å². The number of aryl methyl sites for hydroxylation is 1. The normalized spacial score (nSPS) is 11.4. The standard InChI is InChI=1S/C23H26N4/c1-3-4-6-9-19-12-14-20(15-13-19)18(2)26-27-23-24-16-22(17-25-23)21-10-7-5-8-11-21/h5,7-8,10-17H,3-4,6,9H2,1-2H3,(H,24,25,27). The third-order valence-electron chi connectivity index (χ3n) is 4.52. The number of anilines is 1. The van der Waals surface area contributed by atoms with Gasteiger partial charge in [0, 0.05) is 18.0 Å². The molecule has 2 aromatic carbocycles. The molecule has 4 nitrogen and oxygen atoms in total. The molecule has 3 rings (SSSR count). The maximum atomic E-state index is 4.41. The zero-order valence-corrected chi connectivity index (χ0v) is 16.0. The van der Waals surface area contributed by atoms with Crippen molar-refractivity contribution in [3.63, 3.8) is 0 Å². The lowest BCUT2D eigenvalue weighted by atomic mass is 10.0. The van der Waals surface area contributed by atoms with Crippen LogP contribution in [0.15, 0.2) is 72.1 Å². The molecule has 27 heavy (non-hydrogen) atoms. The second-order valence-electron chi connectivity index (χ2n) is 6.62. The van der Waals surface area contributed by atoms with E-state index in [2.05, 4.69) is 51.7 Å². The molecule has 4 heteroatoms. The molecule has 0 fully saturated rings. The molecule has 0 saturated heterocycles. The van der Waals surface area contributed by atoms with E-state index in [1.165, 1.54) is 24.8 Å². The van der Waals surface area contributed by atoms with E-state index in [0.717, 1.165) is 28.8 Å². The number of aromatic nitrogens is 2. The molecule has 1 aromatic heterocycles. The first-order valence-corrected chi connectivity index (χ1v) is 9.53. The minimum atomic E-state index is 0.491. The fourth-order valence-corrected chi connectivity index (χ4v) is 2.86. The lowest BCUT2D eigenvalue weighted by Crippen LogP contribution is -2.02. The van der Waals surface area contributed by atoms with Gasteiger partial charge < -0.3 is 0 Å². The summed E-state index contributed by atoms with van der Waals surface area (Å²) in [6.45, 7) is 4.21. The lowest BCUT2D eigenvalue weighted by molar-refractivity contribution is 0.717. The fourth-order valence-electron chi connectivity index (χ4n) is 2.86. The summed E-state index contributed by atoms with van der Waals surface area (Å²) < 4.78 is 0. The number of benzene rings is 2. The van der Waals surface area contributed by atoms with Crippen LogP contribution < -0.4 is 5.43 Å². The van der Waals surface area contributed by atoms with Crippen LogP contribution >= 0.6 is 0 Å². The molecule has 0 aliphatic rings. The second kappa shape index (κ2) is 9.62. The van der Waals surface area contributed by atoms with Gasteiger partial charge in [0.1, 0.15) is 0 Å². The highest BCUT2D eigenvalue weighted by molar-refractivity contribution is 5.99. The quantitative estimate of drug-likeness (QED) is 0.319. The van der Waals surface area contributed by atoms with Gasteiger partial charge in [-0.15, -0.1) is 0 Å². The van der Waals surface area contributed by atoms with Gasteiger partial charge in [-0.1, -0.05) is 74.4 Å². The molecule has 0 unspecified atom stereocenters. The molecule has 0 amide bonds. The monoisotopic (exact) mass is 358 g/mol. The van der Waals surface area contributed by atoms with E-state index >= 15 is 0 Å². The Balaban J connectivity index is 1.60. The van der Waals surface area contributed by atoms with Crippen molar-refractivity contribution < 1.29 is 0 Å². The van der Waals surface area contributed by atoms with Gasteiger partial charge in [0.2, 0.25) is 5.95 Å². The maximum absolute atomic E-state index is 4.41. The van der Waals surface area contributed by atoms with Gasteiger partial charge in [0.25, 0.3) is 0 Å². The van der Waals surface area contributed by atoms with Gasteiger partial charge in [-0.2, -0.15) is 5.10 Å². The summed E-state index contributed by atoms with van der Waals surface area (Å²) in [6.07, 6.45) is 8.55. The van der Waals surface area contributed by atoms with Crippen molar-refractivity contribution in [2.75, 3.05) is 5.43 Å². The molecule has 0 aliphatic carbocycles. The molecule has 0 radical (unpaired) electrons. The first-order chi connectivity index (χ1) is 13.3. The van der Waals surface area contributed by atoms with Gasteiger partial charge in [-0.05, 0) is 36.5 Å². The number of hydrazone groups is 1. The third-order valence-corrected chi connectivity index (χ3v) is 4.52. The summed E-state index contributed by atoms with van der Waals surface area (Å²) in [5, 5.41) is 4.41. The Morgan fingerprint density at radius 2 is 1.59 bits per heavy atom. The average Bonchev–Trinajstić information content (AvgIpc) is 2.74. The van der Waals surface area contributed by atoms with E-state index < -0.39 is 0 Å². The smallest absolute Gasteiger partial charge is 0.243 e. The van der Waals surface area contributed by atoms with Crippen LogP contribution in [-0.4, -0.2) is 15.7 Å². The highest BCUT2D eigenvalue weighted by Crippen LogP contribution is 2.17. The van der Waals surface area contributed by atoms with Crippen molar-refractivity contribution in [1.29, 1.82) is 0 Å². The van der Waals surface area contributed by atoms with Crippen molar-refractivity contribution in [2.24, 2.45) is 5.10 Å². The van der Waals surface area contributed by atoms with Crippen LogP contribution in [0.2, 0.25) is 0 Å². The highest BCUT2D eigenvalue weighted by Gasteiger charge is 2.01. The van der Waals surface area contributed by atoms with Gasteiger partial charge in [0.15, 0.2) is 0 Å². The molecular formula is C23H26N4. The van der Waals surface area contributed by atoms with Crippen LogP contribution in [0.1, 0.15) is 44.2 Å². The van der Waals surface area contributed by atoms with E-state index in [4.69, 9.17) is 0 Å². The molecule has 3 aromatic rings. The zero-order chi connectivity index (χ0) is 18.9. The van der Waals surface area contributed by atoms with Crippen molar-refractivity contribution in [3.8, 4) is 11.1 Å². The van der Waals surface area contributed by atoms with Crippen LogP contribution in [0.4, 0.5) is 5.95 Å². The molecule has 0 saturated carbocycles. The van der Waals surface area contributed by atoms with Crippen molar-refractivity contribution in [1.82, 2.24) is 9.97 Å². The number of unbranched alkanes of at least 4 members (excludes halogenated alkanes) is 2. The molecule has 1 N–H and O–H groups in total. The number of hydrogen-bond acceptors (Lipinski definition) is 4. The topological polar surface area (TPSA) is 50.2 Å². The Labute approximate surface area is 161 Å². The first kappa shape index (κ1) is 18.8. The zero-order valence-electron chi connectivity index (χ0n) is 16.0. The Bertz CT molecular complexity index is 853. The van der Waals surface area contributed by atoms with E-state index in [9.17, 15) is 0 Å². The molecule has 0 atom stereocenters. The lowest BCUT2D eigenvalue weighted by Gasteiger charge is -2.05. The number of hydrogen-bond donors (Lipinski definition) is 1. The Morgan fingerprint density at radius 3 is 2.26 bits per heavy atom. The van der Waals surface area contributed by atoms with E-state index in [1.54, 1.807) is 12.4 Å². The maximum Gasteiger partial charge on any atom is 0.243 e. The summed E-state index contributed by atoms with van der Waals surface area (Å²) in [5.41, 5.74) is 8.42. The Morgan fingerprint density at radius 1 is 0.889 bits per heavy atom. The summed E-state index contributed by atoms with van der Waals surface area (Å²) in [4.78, 5) is 8.69. The van der Waals surface area contributed by atoms with Crippen molar-refractivity contribution in [3.05, 3.63) is 78.1 Å². The van der Waals surface area contributed by atoms with Crippen LogP contribution in [0.3, 0.4) is 0 Å². The van der Waals surface area contributed by atoms with Crippen LogP contribution in [0.5, 0.6) is 0 Å². The van der Waals surface area contributed by atoms with Gasteiger partial charge in [0.05, 0.1) is 5.71 Å². The van der Waals surface area contributed by atoms with Crippen molar-refractivity contribution in [2.45, 2.75) is 39.5 Å². The third kappa shape index (κ3) is 5.48. The predicted octanol–water partition coefficient (Wildman–Crippen LogP) is 5.71. The van der Waals surface area contributed by atoms with Gasteiger partial charge in [-0.3, -0.25) is 0 Å². The van der Waals surface area contributed by atoms with Gasteiger partial charge >= 0.3 is 0 Å². The van der Waals surface area contributed by atoms with Crippen molar-refractivity contribution >= 4 is 11.7 Å². The molecule has 0 aliphatic heterocycles.